The van der Waals surface area contributed by atoms with Gasteiger partial charge in [-0.15, -0.1) is 0 Å². The third-order valence-corrected chi connectivity index (χ3v) is 4.94. The van der Waals surface area contributed by atoms with Gasteiger partial charge in [0.25, 0.3) is 0 Å². The van der Waals surface area contributed by atoms with Crippen LogP contribution in [0.25, 0.3) is 0 Å². The van der Waals surface area contributed by atoms with Crippen molar-refractivity contribution in [1.82, 2.24) is 4.72 Å². The Hall–Kier alpha value is -1.89. The average molecular weight is 349 g/mol. The van der Waals surface area contributed by atoms with E-state index in [1.165, 1.54) is 5.56 Å². The molecule has 5 nitrogen and oxygen atoms in total. The van der Waals surface area contributed by atoms with E-state index in [0.29, 0.717) is 25.5 Å². The molecule has 0 aliphatic heterocycles. The molecule has 24 heavy (non-hydrogen) atoms. The fraction of sp³-hybridized carbons (Fsp3) is 0.333. The van der Waals surface area contributed by atoms with Gasteiger partial charge in [0.05, 0.1) is 11.5 Å². The van der Waals surface area contributed by atoms with Crippen molar-refractivity contribution in [2.24, 2.45) is 0 Å². The summed E-state index contributed by atoms with van der Waals surface area (Å²) in [6.07, 6.45) is 1.59. The van der Waals surface area contributed by atoms with Crippen molar-refractivity contribution in [3.8, 4) is 5.75 Å². The standard InChI is InChI=1S/C18H23NO4S/c1-22-14-15-23-17-9-11-18(12-10-17)24(20,21)19-13-5-8-16-6-3-2-4-7-16/h2-4,6-7,9-12,19H,5,8,13-15H2,1H3. The topological polar surface area (TPSA) is 64.6 Å². The number of hydrogen-bond acceptors (Lipinski definition) is 4. The molecular formula is C18H23NO4S. The molecule has 1 N–H and O–H groups in total. The maximum absolute atomic E-state index is 12.2. The van der Waals surface area contributed by atoms with Gasteiger partial charge in [0.2, 0.25) is 10.0 Å². The highest BCUT2D eigenvalue weighted by atomic mass is 32.2. The number of benzene rings is 2. The van der Waals surface area contributed by atoms with E-state index in [-0.39, 0.29) is 4.90 Å². The van der Waals surface area contributed by atoms with Crippen molar-refractivity contribution >= 4 is 10.0 Å². The maximum Gasteiger partial charge on any atom is 0.240 e. The van der Waals surface area contributed by atoms with Crippen molar-refractivity contribution in [2.45, 2.75) is 17.7 Å². The first-order chi connectivity index (χ1) is 11.6. The molecule has 0 aliphatic rings. The molecule has 0 unspecified atom stereocenters. The Morgan fingerprint density at radius 3 is 2.33 bits per heavy atom. The summed E-state index contributed by atoms with van der Waals surface area (Å²) in [5, 5.41) is 0. The lowest BCUT2D eigenvalue weighted by molar-refractivity contribution is 0.146. The normalized spacial score (nSPS) is 11.4. The van der Waals surface area contributed by atoms with Gasteiger partial charge in [0, 0.05) is 13.7 Å². The third-order valence-electron chi connectivity index (χ3n) is 3.47. The molecule has 0 heterocycles. The predicted octanol–water partition coefficient (Wildman–Crippen LogP) is 2.62. The molecule has 0 saturated heterocycles. The molecular weight excluding hydrogens is 326 g/mol. The summed E-state index contributed by atoms with van der Waals surface area (Å²) in [5.74, 6) is 0.620. The zero-order chi connectivity index (χ0) is 17.3. The Balaban J connectivity index is 1.81. The lowest BCUT2D eigenvalue weighted by Crippen LogP contribution is -2.25. The minimum Gasteiger partial charge on any atom is -0.491 e. The molecule has 0 aliphatic carbocycles. The predicted molar refractivity (Wildman–Crippen MR) is 93.8 cm³/mol. The van der Waals surface area contributed by atoms with Crippen LogP contribution in [0.15, 0.2) is 59.5 Å². The molecule has 0 aromatic heterocycles. The zero-order valence-corrected chi connectivity index (χ0v) is 14.6. The minimum atomic E-state index is -3.49. The van der Waals surface area contributed by atoms with E-state index in [0.717, 1.165) is 12.8 Å². The van der Waals surface area contributed by atoms with Gasteiger partial charge in [0.1, 0.15) is 12.4 Å². The van der Waals surface area contributed by atoms with Crippen LogP contribution in [-0.2, 0) is 21.2 Å². The Morgan fingerprint density at radius 2 is 1.67 bits per heavy atom. The summed E-state index contributed by atoms with van der Waals surface area (Å²) >= 11 is 0. The summed E-state index contributed by atoms with van der Waals surface area (Å²) in [7, 11) is -1.89. The highest BCUT2D eigenvalue weighted by Gasteiger charge is 2.13. The number of sulfonamides is 1. The second-order valence-electron chi connectivity index (χ2n) is 5.30. The van der Waals surface area contributed by atoms with E-state index >= 15 is 0 Å². The van der Waals surface area contributed by atoms with Gasteiger partial charge >= 0.3 is 0 Å². The molecule has 0 atom stereocenters. The Kier molecular flexibility index (Phi) is 7.24. The molecule has 0 saturated carbocycles. The van der Waals surface area contributed by atoms with Crippen LogP contribution in [0.5, 0.6) is 5.75 Å². The highest BCUT2D eigenvalue weighted by Crippen LogP contribution is 2.16. The van der Waals surface area contributed by atoms with E-state index in [2.05, 4.69) is 4.72 Å². The largest absolute Gasteiger partial charge is 0.491 e. The maximum atomic E-state index is 12.2. The van der Waals surface area contributed by atoms with E-state index in [1.54, 1.807) is 31.4 Å². The summed E-state index contributed by atoms with van der Waals surface area (Å²) in [6.45, 7) is 1.33. The number of aryl methyl sites for hydroxylation is 1. The highest BCUT2D eigenvalue weighted by molar-refractivity contribution is 7.89. The van der Waals surface area contributed by atoms with Gasteiger partial charge in [0.15, 0.2) is 0 Å². The van der Waals surface area contributed by atoms with Crippen LogP contribution in [0.2, 0.25) is 0 Å². The summed E-state index contributed by atoms with van der Waals surface area (Å²) in [6, 6.07) is 16.4. The van der Waals surface area contributed by atoms with Crippen molar-refractivity contribution < 1.29 is 17.9 Å². The average Bonchev–Trinajstić information content (AvgIpc) is 2.60. The molecule has 0 spiro atoms. The lowest BCUT2D eigenvalue weighted by Gasteiger charge is -2.09. The fourth-order valence-corrected chi connectivity index (χ4v) is 3.26. The van der Waals surface area contributed by atoms with E-state index in [1.807, 2.05) is 30.3 Å². The van der Waals surface area contributed by atoms with Gasteiger partial charge < -0.3 is 9.47 Å². The second kappa shape index (κ2) is 9.42. The lowest BCUT2D eigenvalue weighted by atomic mass is 10.1. The molecule has 2 aromatic carbocycles. The number of rotatable bonds is 10. The van der Waals surface area contributed by atoms with Crippen LogP contribution in [0.1, 0.15) is 12.0 Å². The number of nitrogens with one attached hydrogen (secondary N) is 1. The van der Waals surface area contributed by atoms with Crippen molar-refractivity contribution in [3.63, 3.8) is 0 Å². The first-order valence-electron chi connectivity index (χ1n) is 7.87. The Bertz CT molecular complexity index is 700. The molecule has 0 bridgehead atoms. The van der Waals surface area contributed by atoms with E-state index in [9.17, 15) is 8.42 Å². The van der Waals surface area contributed by atoms with Crippen molar-refractivity contribution in [3.05, 3.63) is 60.2 Å². The molecule has 0 fully saturated rings. The molecule has 2 rings (SSSR count). The zero-order valence-electron chi connectivity index (χ0n) is 13.8. The van der Waals surface area contributed by atoms with Gasteiger partial charge in [-0.25, -0.2) is 13.1 Å². The first kappa shape index (κ1) is 18.4. The molecule has 2 aromatic rings. The van der Waals surface area contributed by atoms with Crippen molar-refractivity contribution in [2.75, 3.05) is 26.9 Å². The number of methoxy groups -OCH3 is 1. The van der Waals surface area contributed by atoms with Crippen LogP contribution in [0.3, 0.4) is 0 Å². The fourth-order valence-electron chi connectivity index (χ4n) is 2.18. The molecule has 130 valence electrons. The summed E-state index contributed by atoms with van der Waals surface area (Å²) in [4.78, 5) is 0.237. The quantitative estimate of drug-likeness (QED) is 0.670. The smallest absolute Gasteiger partial charge is 0.240 e. The summed E-state index contributed by atoms with van der Waals surface area (Å²) < 4.78 is 37.4. The van der Waals surface area contributed by atoms with Gasteiger partial charge in [-0.3, -0.25) is 0 Å². The van der Waals surface area contributed by atoms with Crippen molar-refractivity contribution in [1.29, 1.82) is 0 Å². The van der Waals surface area contributed by atoms with Crippen LogP contribution < -0.4 is 9.46 Å². The second-order valence-corrected chi connectivity index (χ2v) is 7.07. The van der Waals surface area contributed by atoms with Crippen LogP contribution >= 0.6 is 0 Å². The summed E-state index contributed by atoms with van der Waals surface area (Å²) in [5.41, 5.74) is 1.20. The molecule has 0 amide bonds. The van der Waals surface area contributed by atoms with Gasteiger partial charge in [-0.1, -0.05) is 30.3 Å². The number of ether oxygens (including phenoxy) is 2. The molecule has 0 radical (unpaired) electrons. The third kappa shape index (κ3) is 5.96. The molecule has 6 heteroatoms. The van der Waals surface area contributed by atoms with Crippen LogP contribution in [-0.4, -0.2) is 35.3 Å². The Labute approximate surface area is 143 Å². The monoisotopic (exact) mass is 349 g/mol. The van der Waals surface area contributed by atoms with Crippen LogP contribution in [0, 0.1) is 0 Å². The van der Waals surface area contributed by atoms with Gasteiger partial charge in [-0.2, -0.15) is 0 Å². The van der Waals surface area contributed by atoms with E-state index < -0.39 is 10.0 Å². The van der Waals surface area contributed by atoms with Crippen LogP contribution in [0.4, 0.5) is 0 Å². The van der Waals surface area contributed by atoms with Gasteiger partial charge in [-0.05, 0) is 42.7 Å². The minimum absolute atomic E-state index is 0.237. The SMILES string of the molecule is COCCOc1ccc(S(=O)(=O)NCCCc2ccccc2)cc1. The Morgan fingerprint density at radius 1 is 0.958 bits per heavy atom. The number of hydrogen-bond donors (Lipinski definition) is 1. The van der Waals surface area contributed by atoms with E-state index in [4.69, 9.17) is 9.47 Å². The first-order valence-corrected chi connectivity index (χ1v) is 9.35.